The summed E-state index contributed by atoms with van der Waals surface area (Å²) in [5.41, 5.74) is 9.02. The van der Waals surface area contributed by atoms with Gasteiger partial charge < -0.3 is 5.73 Å². The maximum absolute atomic E-state index is 7.36. The minimum Gasteiger partial charge on any atom is -0.382 e. The number of benzene rings is 1. The van der Waals surface area contributed by atoms with Crippen molar-refractivity contribution in [3.05, 3.63) is 53.7 Å². The summed E-state index contributed by atoms with van der Waals surface area (Å²) < 4.78 is 0. The zero-order chi connectivity index (χ0) is 11.5. The van der Waals surface area contributed by atoms with Gasteiger partial charge in [-0.1, -0.05) is 30.3 Å². The second-order valence-corrected chi connectivity index (χ2v) is 3.64. The quantitative estimate of drug-likeness (QED) is 0.633. The van der Waals surface area contributed by atoms with Crippen molar-refractivity contribution >= 4 is 18.2 Å². The Morgan fingerprint density at radius 1 is 1.12 bits per heavy atom. The van der Waals surface area contributed by atoms with Crippen LogP contribution in [0.1, 0.15) is 11.3 Å². The Balaban J connectivity index is 0.00000144. The molecule has 17 heavy (non-hydrogen) atoms. The molecule has 0 spiro atoms. The van der Waals surface area contributed by atoms with Crippen LogP contribution < -0.4 is 5.73 Å². The van der Waals surface area contributed by atoms with Crippen molar-refractivity contribution in [2.24, 2.45) is 5.73 Å². The molecule has 1 aromatic heterocycles. The molecule has 0 fully saturated rings. The summed E-state index contributed by atoms with van der Waals surface area (Å²) in [6.45, 7) is 2.04. The van der Waals surface area contributed by atoms with Crippen molar-refractivity contribution in [3.8, 4) is 11.3 Å². The first kappa shape index (κ1) is 13.2. The van der Waals surface area contributed by atoms with Gasteiger partial charge in [-0.05, 0) is 24.6 Å². The number of nitrogens with one attached hydrogen (secondary N) is 1. The molecular formula is C13H14ClN3. The van der Waals surface area contributed by atoms with Crippen LogP contribution in [0.15, 0.2) is 42.5 Å². The zero-order valence-electron chi connectivity index (χ0n) is 9.47. The maximum Gasteiger partial charge on any atom is 0.141 e. The number of nitrogen functional groups attached to an aromatic ring is 1. The Morgan fingerprint density at radius 2 is 1.82 bits per heavy atom. The summed E-state index contributed by atoms with van der Waals surface area (Å²) in [4.78, 5) is 4.35. The highest BCUT2D eigenvalue weighted by Gasteiger charge is 2.04. The van der Waals surface area contributed by atoms with E-state index in [0.717, 1.165) is 16.8 Å². The van der Waals surface area contributed by atoms with E-state index in [2.05, 4.69) is 4.98 Å². The van der Waals surface area contributed by atoms with Gasteiger partial charge in [-0.25, -0.2) is 4.98 Å². The van der Waals surface area contributed by atoms with Gasteiger partial charge in [0.15, 0.2) is 0 Å². The smallest absolute Gasteiger partial charge is 0.141 e. The number of aryl methyl sites for hydroxylation is 1. The monoisotopic (exact) mass is 247 g/mol. The second-order valence-electron chi connectivity index (χ2n) is 3.64. The summed E-state index contributed by atoms with van der Waals surface area (Å²) in [5, 5.41) is 7.36. The fourth-order valence-corrected chi connectivity index (χ4v) is 1.60. The Labute approximate surface area is 107 Å². The van der Waals surface area contributed by atoms with E-state index in [1.165, 1.54) is 0 Å². The molecule has 0 radical (unpaired) electrons. The fourth-order valence-electron chi connectivity index (χ4n) is 1.60. The van der Waals surface area contributed by atoms with Crippen LogP contribution >= 0.6 is 12.4 Å². The number of halogens is 1. The van der Waals surface area contributed by atoms with Gasteiger partial charge in [-0.3, -0.25) is 5.41 Å². The summed E-state index contributed by atoms with van der Waals surface area (Å²) >= 11 is 0. The average Bonchev–Trinajstić information content (AvgIpc) is 2.30. The molecule has 3 N–H and O–H groups in total. The number of nitrogens with two attached hydrogens (primary N) is 1. The summed E-state index contributed by atoms with van der Waals surface area (Å²) in [5.74, 6) is -0.00423. The summed E-state index contributed by atoms with van der Waals surface area (Å²) in [6.07, 6.45) is 0. The molecule has 0 bridgehead atoms. The predicted molar refractivity (Wildman–Crippen MR) is 72.7 cm³/mol. The molecule has 1 aromatic carbocycles. The number of pyridine rings is 1. The van der Waals surface area contributed by atoms with E-state index >= 15 is 0 Å². The second kappa shape index (κ2) is 5.46. The summed E-state index contributed by atoms with van der Waals surface area (Å²) in [7, 11) is 0. The molecule has 0 aliphatic carbocycles. The highest BCUT2D eigenvalue weighted by Crippen LogP contribution is 2.20. The van der Waals surface area contributed by atoms with Gasteiger partial charge in [0.1, 0.15) is 11.5 Å². The number of hydrogen-bond donors (Lipinski definition) is 2. The maximum atomic E-state index is 7.36. The number of nitrogens with zero attached hydrogens (tertiary/aromatic N) is 1. The molecule has 0 unspecified atom stereocenters. The van der Waals surface area contributed by atoms with Gasteiger partial charge in [0, 0.05) is 5.56 Å². The lowest BCUT2D eigenvalue weighted by Gasteiger charge is -2.06. The van der Waals surface area contributed by atoms with Crippen LogP contribution in [0, 0.1) is 12.3 Å². The molecule has 4 heteroatoms. The molecule has 0 saturated heterocycles. The molecule has 2 aromatic rings. The van der Waals surface area contributed by atoms with Crippen molar-refractivity contribution in [3.63, 3.8) is 0 Å². The van der Waals surface area contributed by atoms with Gasteiger partial charge >= 0.3 is 0 Å². The van der Waals surface area contributed by atoms with Crippen LogP contribution in [0.4, 0.5) is 0 Å². The normalized spacial score (nSPS) is 9.47. The molecule has 88 valence electrons. The Morgan fingerprint density at radius 3 is 2.47 bits per heavy atom. The van der Waals surface area contributed by atoms with E-state index in [4.69, 9.17) is 11.1 Å². The topological polar surface area (TPSA) is 62.8 Å². The Hall–Kier alpha value is -1.87. The standard InChI is InChI=1S/C13H13N3.ClH/c1-9-5-2-3-6-10(9)11-7-4-8-12(16-11)13(14)15;/h2-8H,1H3,(H3,14,15);1H. The largest absolute Gasteiger partial charge is 0.382 e. The molecule has 0 saturated carbocycles. The SMILES string of the molecule is Cc1ccccc1-c1cccc(C(=N)N)n1.Cl. The number of amidine groups is 1. The lowest BCUT2D eigenvalue weighted by molar-refractivity contribution is 1.25. The van der Waals surface area contributed by atoms with E-state index in [1.807, 2.05) is 43.3 Å². The minimum atomic E-state index is -0.00423. The first-order valence-corrected chi connectivity index (χ1v) is 5.06. The molecule has 2 rings (SSSR count). The Bertz CT molecular complexity index is 538. The summed E-state index contributed by atoms with van der Waals surface area (Å²) in [6, 6.07) is 13.6. The molecule has 1 heterocycles. The van der Waals surface area contributed by atoms with Gasteiger partial charge in [0.25, 0.3) is 0 Å². The van der Waals surface area contributed by atoms with Crippen LogP contribution in [0.25, 0.3) is 11.3 Å². The van der Waals surface area contributed by atoms with Crippen LogP contribution in [0.3, 0.4) is 0 Å². The molecule has 0 aliphatic heterocycles. The Kier molecular flexibility index (Phi) is 4.24. The van der Waals surface area contributed by atoms with Gasteiger partial charge in [-0.2, -0.15) is 0 Å². The van der Waals surface area contributed by atoms with E-state index in [9.17, 15) is 0 Å². The van der Waals surface area contributed by atoms with Crippen LogP contribution in [0.2, 0.25) is 0 Å². The highest BCUT2D eigenvalue weighted by atomic mass is 35.5. The van der Waals surface area contributed by atoms with Gasteiger partial charge in [0.05, 0.1) is 5.69 Å². The third-order valence-corrected chi connectivity index (χ3v) is 2.45. The van der Waals surface area contributed by atoms with Crippen LogP contribution in [-0.4, -0.2) is 10.8 Å². The third-order valence-electron chi connectivity index (χ3n) is 2.45. The van der Waals surface area contributed by atoms with E-state index in [0.29, 0.717) is 5.69 Å². The number of rotatable bonds is 2. The lowest BCUT2D eigenvalue weighted by Crippen LogP contribution is -2.13. The minimum absolute atomic E-state index is 0. The van der Waals surface area contributed by atoms with Crippen LogP contribution in [0.5, 0.6) is 0 Å². The number of aromatic nitrogens is 1. The molecule has 3 nitrogen and oxygen atoms in total. The molecule has 0 atom stereocenters. The average molecular weight is 248 g/mol. The third kappa shape index (κ3) is 2.82. The van der Waals surface area contributed by atoms with E-state index < -0.39 is 0 Å². The van der Waals surface area contributed by atoms with E-state index in [-0.39, 0.29) is 18.2 Å². The molecular weight excluding hydrogens is 234 g/mol. The predicted octanol–water partition coefficient (Wildman–Crippen LogP) is 2.76. The molecule has 0 amide bonds. The zero-order valence-corrected chi connectivity index (χ0v) is 10.3. The van der Waals surface area contributed by atoms with Crippen molar-refractivity contribution < 1.29 is 0 Å². The van der Waals surface area contributed by atoms with Crippen molar-refractivity contribution in [2.45, 2.75) is 6.92 Å². The van der Waals surface area contributed by atoms with Crippen LogP contribution in [-0.2, 0) is 0 Å². The molecule has 0 aliphatic rings. The van der Waals surface area contributed by atoms with E-state index in [1.54, 1.807) is 6.07 Å². The fraction of sp³-hybridized carbons (Fsp3) is 0.0769. The lowest BCUT2D eigenvalue weighted by atomic mass is 10.1. The first-order chi connectivity index (χ1) is 7.68. The van der Waals surface area contributed by atoms with Crippen molar-refractivity contribution in [1.29, 1.82) is 5.41 Å². The number of hydrogen-bond acceptors (Lipinski definition) is 2. The van der Waals surface area contributed by atoms with Gasteiger partial charge in [0.2, 0.25) is 0 Å². The van der Waals surface area contributed by atoms with Gasteiger partial charge in [-0.15, -0.1) is 12.4 Å². The first-order valence-electron chi connectivity index (χ1n) is 5.06. The van der Waals surface area contributed by atoms with Crippen molar-refractivity contribution in [1.82, 2.24) is 4.98 Å². The van der Waals surface area contributed by atoms with Crippen molar-refractivity contribution in [2.75, 3.05) is 0 Å². The highest BCUT2D eigenvalue weighted by molar-refractivity contribution is 5.93.